The molecular weight excluding hydrogens is 437 g/mol. The second-order valence-corrected chi connectivity index (χ2v) is 8.93. The Morgan fingerprint density at radius 3 is 2.86 bits per heavy atom. The molecule has 3 aromatic rings. The average Bonchev–Trinajstić information content (AvgIpc) is 3.44. The van der Waals surface area contributed by atoms with E-state index < -0.39 is 6.04 Å². The minimum Gasteiger partial charge on any atom is -0.326 e. The van der Waals surface area contributed by atoms with Crippen molar-refractivity contribution in [1.29, 1.82) is 0 Å². The average molecular weight is 452 g/mol. The van der Waals surface area contributed by atoms with Gasteiger partial charge in [0.2, 0.25) is 5.91 Å². The predicted octanol–water partition coefficient (Wildman–Crippen LogP) is 5.42. The van der Waals surface area contributed by atoms with E-state index in [1.807, 2.05) is 16.8 Å². The lowest BCUT2D eigenvalue weighted by molar-refractivity contribution is -0.119. The van der Waals surface area contributed by atoms with Crippen LogP contribution in [0.5, 0.6) is 0 Å². The summed E-state index contributed by atoms with van der Waals surface area (Å²) in [6, 6.07) is 8.29. The molecule has 0 radical (unpaired) electrons. The molecule has 3 heterocycles. The molecule has 1 saturated heterocycles. The fraction of sp³-hybridized carbons (Fsp3) is 0.211. The van der Waals surface area contributed by atoms with Gasteiger partial charge in [0, 0.05) is 22.5 Å². The highest BCUT2D eigenvalue weighted by Crippen LogP contribution is 2.33. The molecule has 0 saturated carbocycles. The fourth-order valence-corrected chi connectivity index (χ4v) is 4.94. The van der Waals surface area contributed by atoms with Crippen molar-refractivity contribution in [2.45, 2.75) is 18.9 Å². The van der Waals surface area contributed by atoms with Crippen LogP contribution in [0.25, 0.3) is 11.3 Å². The smallest absolute Gasteiger partial charge is 0.264 e. The van der Waals surface area contributed by atoms with Crippen molar-refractivity contribution in [3.63, 3.8) is 0 Å². The standard InChI is InChI=1S/C19H15Cl2N3O2S2/c20-11-5-6-13(21)12(9-11)14-10-28-19(22-14)23-17(25)15-3-1-7-24(15)18(26)16-4-2-8-27-16/h2,4-6,8-10,15H,1,3,7H2,(H,22,23,25). The highest BCUT2D eigenvalue weighted by Gasteiger charge is 2.35. The molecule has 2 aromatic heterocycles. The van der Waals surface area contributed by atoms with E-state index in [9.17, 15) is 9.59 Å². The Kier molecular flexibility index (Phi) is 5.68. The number of likely N-dealkylation sites (tertiary alicyclic amines) is 1. The third-order valence-electron chi connectivity index (χ3n) is 4.49. The van der Waals surface area contributed by atoms with Crippen molar-refractivity contribution >= 4 is 62.8 Å². The van der Waals surface area contributed by atoms with Crippen molar-refractivity contribution in [2.24, 2.45) is 0 Å². The molecule has 0 bridgehead atoms. The van der Waals surface area contributed by atoms with Gasteiger partial charge in [-0.3, -0.25) is 9.59 Å². The number of nitrogens with one attached hydrogen (secondary N) is 1. The van der Waals surface area contributed by atoms with Crippen LogP contribution < -0.4 is 5.32 Å². The van der Waals surface area contributed by atoms with Gasteiger partial charge in [-0.1, -0.05) is 29.3 Å². The van der Waals surface area contributed by atoms with Crippen molar-refractivity contribution in [3.05, 3.63) is 56.0 Å². The number of benzene rings is 1. The fourth-order valence-electron chi connectivity index (χ4n) is 3.16. The van der Waals surface area contributed by atoms with Crippen molar-refractivity contribution in [3.8, 4) is 11.3 Å². The van der Waals surface area contributed by atoms with E-state index in [1.54, 1.807) is 29.2 Å². The Labute approximate surface area is 179 Å². The maximum Gasteiger partial charge on any atom is 0.264 e. The number of aromatic nitrogens is 1. The van der Waals surface area contributed by atoms with E-state index in [4.69, 9.17) is 23.2 Å². The quantitative estimate of drug-likeness (QED) is 0.575. The lowest BCUT2D eigenvalue weighted by Gasteiger charge is -2.22. The van der Waals surface area contributed by atoms with Crippen LogP contribution in [-0.2, 0) is 4.79 Å². The van der Waals surface area contributed by atoms with Gasteiger partial charge in [0.05, 0.1) is 15.6 Å². The number of carbonyl (C=O) groups is 2. The lowest BCUT2D eigenvalue weighted by atomic mass is 10.2. The second-order valence-electron chi connectivity index (χ2n) is 6.29. The number of hydrogen-bond donors (Lipinski definition) is 1. The molecule has 2 amide bonds. The molecule has 1 aliphatic rings. The summed E-state index contributed by atoms with van der Waals surface area (Å²) in [5, 5.41) is 8.08. The zero-order valence-corrected chi connectivity index (χ0v) is 17.7. The highest BCUT2D eigenvalue weighted by molar-refractivity contribution is 7.14. The largest absolute Gasteiger partial charge is 0.326 e. The van der Waals surface area contributed by atoms with E-state index in [0.29, 0.717) is 44.3 Å². The number of thiophene rings is 1. The second kappa shape index (κ2) is 8.21. The van der Waals surface area contributed by atoms with E-state index in [0.717, 1.165) is 6.42 Å². The SMILES string of the molecule is O=C(Nc1nc(-c2cc(Cl)ccc2Cl)cs1)C1CCCN1C(=O)c1cccs1. The van der Waals surface area contributed by atoms with E-state index in [1.165, 1.54) is 22.7 Å². The molecule has 5 nitrogen and oxygen atoms in total. The molecule has 0 aliphatic carbocycles. The molecule has 1 aliphatic heterocycles. The van der Waals surface area contributed by atoms with E-state index in [2.05, 4.69) is 10.3 Å². The first-order valence-corrected chi connectivity index (χ1v) is 11.1. The summed E-state index contributed by atoms with van der Waals surface area (Å²) >= 11 is 15.0. The molecule has 1 aromatic carbocycles. The third-order valence-corrected chi connectivity index (χ3v) is 6.67. The number of amides is 2. The molecule has 1 fully saturated rings. The normalized spacial score (nSPS) is 16.4. The van der Waals surface area contributed by atoms with Crippen molar-refractivity contribution in [2.75, 3.05) is 11.9 Å². The minimum atomic E-state index is -0.489. The molecule has 1 unspecified atom stereocenters. The number of rotatable bonds is 4. The molecule has 0 spiro atoms. The van der Waals surface area contributed by atoms with E-state index >= 15 is 0 Å². The van der Waals surface area contributed by atoms with Gasteiger partial charge in [-0.15, -0.1) is 22.7 Å². The summed E-state index contributed by atoms with van der Waals surface area (Å²) in [6.07, 6.45) is 1.44. The van der Waals surface area contributed by atoms with Crippen molar-refractivity contribution in [1.82, 2.24) is 9.88 Å². The maximum atomic E-state index is 12.8. The van der Waals surface area contributed by atoms with Crippen LogP contribution in [-0.4, -0.2) is 34.3 Å². The van der Waals surface area contributed by atoms with Gasteiger partial charge in [-0.2, -0.15) is 0 Å². The van der Waals surface area contributed by atoms with Crippen LogP contribution >= 0.6 is 45.9 Å². The molecular formula is C19H15Cl2N3O2S2. The van der Waals surface area contributed by atoms with Crippen LogP contribution in [0, 0.1) is 0 Å². The van der Waals surface area contributed by atoms with E-state index in [-0.39, 0.29) is 11.8 Å². The monoisotopic (exact) mass is 451 g/mol. The van der Waals surface area contributed by atoms with Crippen LogP contribution in [0.4, 0.5) is 5.13 Å². The summed E-state index contributed by atoms with van der Waals surface area (Å²) in [5.74, 6) is -0.321. The highest BCUT2D eigenvalue weighted by atomic mass is 35.5. The topological polar surface area (TPSA) is 62.3 Å². The van der Waals surface area contributed by atoms with Gasteiger partial charge >= 0.3 is 0 Å². The van der Waals surface area contributed by atoms with Crippen LogP contribution in [0.15, 0.2) is 41.1 Å². The van der Waals surface area contributed by atoms with Gasteiger partial charge in [-0.25, -0.2) is 4.98 Å². The first-order valence-electron chi connectivity index (χ1n) is 8.59. The Morgan fingerprint density at radius 1 is 1.21 bits per heavy atom. The zero-order valence-electron chi connectivity index (χ0n) is 14.5. The van der Waals surface area contributed by atoms with Gasteiger partial charge in [0.1, 0.15) is 6.04 Å². The molecule has 9 heteroatoms. The summed E-state index contributed by atoms with van der Waals surface area (Å²) in [7, 11) is 0. The summed E-state index contributed by atoms with van der Waals surface area (Å²) < 4.78 is 0. The van der Waals surface area contributed by atoms with Crippen LogP contribution in [0.2, 0.25) is 10.0 Å². The molecule has 28 heavy (non-hydrogen) atoms. The zero-order chi connectivity index (χ0) is 19.7. The van der Waals surface area contributed by atoms with Crippen LogP contribution in [0.3, 0.4) is 0 Å². The minimum absolute atomic E-state index is 0.0989. The first-order chi connectivity index (χ1) is 13.5. The number of thiazole rings is 1. The summed E-state index contributed by atoms with van der Waals surface area (Å²) in [4.78, 5) is 32.2. The molecule has 1 N–H and O–H groups in total. The number of nitrogens with zero attached hydrogens (tertiary/aromatic N) is 2. The Hall–Kier alpha value is -1.93. The summed E-state index contributed by atoms with van der Waals surface area (Å²) in [6.45, 7) is 0.579. The number of halogens is 2. The Bertz CT molecular complexity index is 1020. The Balaban J connectivity index is 1.49. The Morgan fingerprint density at radius 2 is 2.07 bits per heavy atom. The van der Waals surface area contributed by atoms with Gasteiger partial charge < -0.3 is 10.2 Å². The molecule has 1 atom stereocenters. The lowest BCUT2D eigenvalue weighted by Crippen LogP contribution is -2.42. The number of hydrogen-bond acceptors (Lipinski definition) is 5. The van der Waals surface area contributed by atoms with Crippen molar-refractivity contribution < 1.29 is 9.59 Å². The summed E-state index contributed by atoms with van der Waals surface area (Å²) in [5.41, 5.74) is 1.35. The maximum absolute atomic E-state index is 12.8. The van der Waals surface area contributed by atoms with Gasteiger partial charge in [0.15, 0.2) is 5.13 Å². The van der Waals surface area contributed by atoms with Gasteiger partial charge in [-0.05, 0) is 42.5 Å². The first kappa shape index (κ1) is 19.4. The number of anilines is 1. The number of carbonyl (C=O) groups excluding carboxylic acids is 2. The van der Waals surface area contributed by atoms with Crippen LogP contribution in [0.1, 0.15) is 22.5 Å². The molecule has 4 rings (SSSR count). The third kappa shape index (κ3) is 3.93. The molecule has 144 valence electrons. The predicted molar refractivity (Wildman–Crippen MR) is 115 cm³/mol. The van der Waals surface area contributed by atoms with Gasteiger partial charge in [0.25, 0.3) is 5.91 Å².